The zero-order valence-electron chi connectivity index (χ0n) is 25.8. The number of fused-ring (bicyclic) bond motifs is 8. The Kier molecular flexibility index (Phi) is 5.31. The first-order chi connectivity index (χ1) is 18.7. The largest absolute Gasteiger partial charge is 0.425 e. The average Bonchev–Trinajstić information content (AvgIpc) is 3.54. The highest BCUT2D eigenvalue weighted by molar-refractivity contribution is 5.95. The third kappa shape index (κ3) is 3.06. The van der Waals surface area contributed by atoms with Crippen LogP contribution in [-0.2, 0) is 22.0 Å². The minimum atomic E-state index is -0.206. The van der Waals surface area contributed by atoms with E-state index in [4.69, 9.17) is 8.94 Å². The molecule has 6 heteroatoms. The van der Waals surface area contributed by atoms with Crippen LogP contribution in [0.4, 0.5) is 0 Å². The number of carbonyl (C=O) groups is 1. The van der Waals surface area contributed by atoms with E-state index >= 15 is 0 Å². The van der Waals surface area contributed by atoms with Crippen LogP contribution in [-0.4, -0.2) is 21.1 Å². The normalized spacial score (nSPS) is 45.5. The van der Waals surface area contributed by atoms with Crippen molar-refractivity contribution < 1.29 is 13.7 Å². The predicted molar refractivity (Wildman–Crippen MR) is 153 cm³/mol. The van der Waals surface area contributed by atoms with Crippen molar-refractivity contribution >= 4 is 5.78 Å². The van der Waals surface area contributed by atoms with Gasteiger partial charge in [-0.2, -0.15) is 0 Å². The topological polar surface area (TPSA) is 82.0 Å². The number of hydrogen-bond acceptors (Lipinski definition) is 6. The summed E-state index contributed by atoms with van der Waals surface area (Å²) in [7, 11) is 0. The molecule has 0 saturated heterocycles. The molecule has 2 aromatic heterocycles. The van der Waals surface area contributed by atoms with Crippen LogP contribution in [0.3, 0.4) is 0 Å². The maximum absolute atomic E-state index is 14.7. The van der Waals surface area contributed by atoms with Crippen LogP contribution in [0.15, 0.2) is 26.8 Å². The molecule has 0 spiro atoms. The zero-order chi connectivity index (χ0) is 28.5. The van der Waals surface area contributed by atoms with Gasteiger partial charge in [-0.05, 0) is 97.4 Å². The maximum atomic E-state index is 14.7. The molecule has 216 valence electrons. The molecule has 0 N–H and O–H groups in total. The van der Waals surface area contributed by atoms with Gasteiger partial charge in [-0.15, -0.1) is 10.2 Å². The predicted octanol–water partition coefficient (Wildman–Crippen LogP) is 7.70. The van der Waals surface area contributed by atoms with E-state index in [-0.39, 0.29) is 44.3 Å². The van der Waals surface area contributed by atoms with Gasteiger partial charge in [-0.1, -0.05) is 59.2 Å². The van der Waals surface area contributed by atoms with Crippen molar-refractivity contribution in [2.45, 2.75) is 124 Å². The van der Waals surface area contributed by atoms with Crippen LogP contribution in [0.25, 0.3) is 0 Å². The summed E-state index contributed by atoms with van der Waals surface area (Å²) in [4.78, 5) is 14.7. The lowest BCUT2D eigenvalue weighted by molar-refractivity contribution is -0.161. The first-order valence-electron chi connectivity index (χ1n) is 15.8. The van der Waals surface area contributed by atoms with Crippen LogP contribution < -0.4 is 0 Å². The van der Waals surface area contributed by atoms with E-state index in [1.165, 1.54) is 11.1 Å². The molecule has 5 aliphatic carbocycles. The third-order valence-corrected chi connectivity index (χ3v) is 13.9. The lowest BCUT2D eigenvalue weighted by atomic mass is 9.34. The van der Waals surface area contributed by atoms with Crippen LogP contribution in [0.5, 0.6) is 0 Å². The smallest absolute Gasteiger partial charge is 0.222 e. The highest BCUT2D eigenvalue weighted by atomic mass is 16.5. The minimum absolute atomic E-state index is 0.0331. The fraction of sp³-hybridized carbons (Fsp3) is 0.765. The molecular formula is C34H47N3O3. The van der Waals surface area contributed by atoms with Crippen molar-refractivity contribution in [3.8, 4) is 0 Å². The molecule has 7 rings (SSSR count). The van der Waals surface area contributed by atoms with Gasteiger partial charge in [-0.3, -0.25) is 4.79 Å². The maximum Gasteiger partial charge on any atom is 0.222 e. The van der Waals surface area contributed by atoms with E-state index in [1.54, 1.807) is 0 Å². The zero-order valence-corrected chi connectivity index (χ0v) is 25.8. The summed E-state index contributed by atoms with van der Waals surface area (Å²) < 4.78 is 12.1. The second-order valence-corrected chi connectivity index (χ2v) is 16.1. The number of nitrogens with zero attached hydrogens (tertiary/aromatic N) is 3. The Bertz CT molecular complexity index is 1420. The Morgan fingerprint density at radius 1 is 1.00 bits per heavy atom. The number of allylic oxidation sites excluding steroid dienone is 2. The lowest BCUT2D eigenvalue weighted by Gasteiger charge is -2.69. The standard InChI is InChI=1S/C34H47N3O3/c1-9-30(5)24-10-11-32(7)25(31(24,6)17-21-19-35-40-27(21)30)16-23(38)26-22-18-29(3,4)12-14-34(22,15-13-33(26,32)8)28-37-36-20(2)39-28/h16,19,22,24,26H,9-15,17-18H2,1-8H3/t22-,24-,26-,30-,31-,32+,33+,34-/m0/s1. The molecule has 3 fully saturated rings. The van der Waals surface area contributed by atoms with Gasteiger partial charge < -0.3 is 8.94 Å². The third-order valence-electron chi connectivity index (χ3n) is 13.9. The van der Waals surface area contributed by atoms with Crippen molar-refractivity contribution in [2.24, 2.45) is 39.4 Å². The Balaban J connectivity index is 1.39. The van der Waals surface area contributed by atoms with Gasteiger partial charge >= 0.3 is 0 Å². The summed E-state index contributed by atoms with van der Waals surface area (Å²) in [6.45, 7) is 18.8. The van der Waals surface area contributed by atoms with E-state index < -0.39 is 0 Å². The van der Waals surface area contributed by atoms with Crippen LogP contribution >= 0.6 is 0 Å². The van der Waals surface area contributed by atoms with E-state index in [1.807, 2.05) is 13.1 Å². The number of hydrogen-bond donors (Lipinski definition) is 0. The minimum Gasteiger partial charge on any atom is -0.425 e. The summed E-state index contributed by atoms with van der Waals surface area (Å²) >= 11 is 0. The second-order valence-electron chi connectivity index (χ2n) is 16.1. The molecule has 0 amide bonds. The summed E-state index contributed by atoms with van der Waals surface area (Å²) in [6.07, 6.45) is 13.5. The van der Waals surface area contributed by atoms with E-state index in [0.717, 1.165) is 69.4 Å². The van der Waals surface area contributed by atoms with E-state index in [9.17, 15) is 4.79 Å². The summed E-state index contributed by atoms with van der Waals surface area (Å²) in [6, 6.07) is 0. The molecule has 0 radical (unpaired) electrons. The Hall–Kier alpha value is -2.24. The Labute approximate surface area is 239 Å². The fourth-order valence-corrected chi connectivity index (χ4v) is 11.4. The van der Waals surface area contributed by atoms with Gasteiger partial charge in [0.25, 0.3) is 0 Å². The molecule has 6 nitrogen and oxygen atoms in total. The summed E-state index contributed by atoms with van der Waals surface area (Å²) in [5.41, 5.74) is 2.29. The number of aryl methyl sites for hydroxylation is 1. The molecule has 2 aromatic rings. The molecule has 5 aliphatic rings. The monoisotopic (exact) mass is 545 g/mol. The van der Waals surface area contributed by atoms with Crippen molar-refractivity contribution in [3.63, 3.8) is 0 Å². The summed E-state index contributed by atoms with van der Waals surface area (Å²) in [5.74, 6) is 3.43. The molecular weight excluding hydrogens is 498 g/mol. The molecule has 0 aromatic carbocycles. The fourth-order valence-electron chi connectivity index (χ4n) is 11.4. The highest BCUT2D eigenvalue weighted by Crippen LogP contribution is 2.75. The van der Waals surface area contributed by atoms with Crippen LogP contribution in [0, 0.1) is 46.3 Å². The van der Waals surface area contributed by atoms with Crippen molar-refractivity contribution in [3.05, 3.63) is 41.0 Å². The van der Waals surface area contributed by atoms with Crippen molar-refractivity contribution in [2.75, 3.05) is 0 Å². The highest BCUT2D eigenvalue weighted by Gasteiger charge is 2.71. The van der Waals surface area contributed by atoms with Gasteiger partial charge in [-0.25, -0.2) is 0 Å². The first-order valence-corrected chi connectivity index (χ1v) is 15.8. The average molecular weight is 546 g/mol. The summed E-state index contributed by atoms with van der Waals surface area (Å²) in [5, 5.41) is 13.2. The quantitative estimate of drug-likeness (QED) is 0.384. The van der Waals surface area contributed by atoms with Gasteiger partial charge in [0.2, 0.25) is 11.8 Å². The molecule has 2 heterocycles. The number of rotatable bonds is 2. The second kappa shape index (κ2) is 7.98. The SMILES string of the molecule is CC[C@]1(C)c2oncc2C[C@]2(C)C3=CC(=O)[C@@H]4[C@@H]5CC(C)(C)CC[C@]5(c5nnc(C)o5)CC[C@@]4(C)[C@]3(C)CC[C@H]21. The Morgan fingerprint density at radius 2 is 1.75 bits per heavy atom. The lowest BCUT2D eigenvalue weighted by Crippen LogP contribution is -2.66. The molecule has 40 heavy (non-hydrogen) atoms. The van der Waals surface area contributed by atoms with Crippen molar-refractivity contribution in [1.82, 2.24) is 15.4 Å². The Morgan fingerprint density at radius 3 is 2.45 bits per heavy atom. The first kappa shape index (κ1) is 26.6. The van der Waals surface area contributed by atoms with Crippen LogP contribution in [0.2, 0.25) is 0 Å². The molecule has 0 bridgehead atoms. The van der Waals surface area contributed by atoms with Crippen molar-refractivity contribution in [1.29, 1.82) is 0 Å². The number of ketones is 1. The van der Waals surface area contributed by atoms with E-state index in [2.05, 4.69) is 69.9 Å². The molecule has 0 aliphatic heterocycles. The van der Waals surface area contributed by atoms with Gasteiger partial charge in [0.1, 0.15) is 5.76 Å². The molecule has 3 saturated carbocycles. The molecule has 0 unspecified atom stereocenters. The van der Waals surface area contributed by atoms with Gasteiger partial charge in [0, 0.05) is 23.8 Å². The van der Waals surface area contributed by atoms with Gasteiger partial charge in [0.05, 0.1) is 11.6 Å². The van der Waals surface area contributed by atoms with Crippen LogP contribution in [0.1, 0.15) is 123 Å². The number of aromatic nitrogens is 3. The van der Waals surface area contributed by atoms with Gasteiger partial charge in [0.15, 0.2) is 5.78 Å². The molecule has 8 atom stereocenters. The number of carbonyl (C=O) groups excluding carboxylic acids is 1. The van der Waals surface area contributed by atoms with E-state index in [0.29, 0.717) is 17.6 Å².